The van der Waals surface area contributed by atoms with E-state index in [0.717, 1.165) is 18.2 Å². The van der Waals surface area contributed by atoms with Crippen molar-refractivity contribution in [1.29, 1.82) is 0 Å². The third-order valence-electron chi connectivity index (χ3n) is 3.55. The molecule has 0 saturated heterocycles. The number of nitrogens with two attached hydrogens (primary N) is 2. The van der Waals surface area contributed by atoms with E-state index in [2.05, 4.69) is 10.3 Å². The number of rotatable bonds is 0. The van der Waals surface area contributed by atoms with E-state index in [4.69, 9.17) is 11.5 Å². The van der Waals surface area contributed by atoms with Crippen LogP contribution in [0.15, 0.2) is 40.5 Å². The Kier molecular flexibility index (Phi) is 3.32. The Labute approximate surface area is 131 Å². The SMILES string of the molecule is NC1=CC2=Nc3c(cc(N)cc3C(F)(F)F)NC2C(C(F)(F)F)=C1. The van der Waals surface area contributed by atoms with Crippen LogP contribution in [0.25, 0.3) is 0 Å². The summed E-state index contributed by atoms with van der Waals surface area (Å²) >= 11 is 0. The quantitative estimate of drug-likeness (QED) is 0.496. The first-order valence-electron chi connectivity index (χ1n) is 6.58. The summed E-state index contributed by atoms with van der Waals surface area (Å²) in [7, 11) is 0. The number of nitrogens with one attached hydrogen (secondary N) is 1. The van der Waals surface area contributed by atoms with Crippen molar-refractivity contribution in [3.8, 4) is 0 Å². The summed E-state index contributed by atoms with van der Waals surface area (Å²) in [4.78, 5) is 3.77. The highest BCUT2D eigenvalue weighted by Gasteiger charge is 2.44. The van der Waals surface area contributed by atoms with Crippen LogP contribution in [0.3, 0.4) is 0 Å². The van der Waals surface area contributed by atoms with Crippen molar-refractivity contribution >= 4 is 22.8 Å². The highest BCUT2D eigenvalue weighted by molar-refractivity contribution is 6.09. The van der Waals surface area contributed by atoms with Gasteiger partial charge >= 0.3 is 12.4 Å². The molecule has 1 aliphatic carbocycles. The fourth-order valence-corrected chi connectivity index (χ4v) is 2.60. The first-order valence-corrected chi connectivity index (χ1v) is 6.58. The minimum Gasteiger partial charge on any atom is -0.399 e. The molecule has 4 nitrogen and oxygen atoms in total. The lowest BCUT2D eigenvalue weighted by Gasteiger charge is -2.32. The van der Waals surface area contributed by atoms with Gasteiger partial charge in [0.05, 0.1) is 34.3 Å². The molecule has 1 aliphatic heterocycles. The number of aliphatic imine (C=N–C) groups is 1. The molecule has 10 heteroatoms. The minimum atomic E-state index is -4.76. The van der Waals surface area contributed by atoms with Gasteiger partial charge in [0.1, 0.15) is 0 Å². The largest absolute Gasteiger partial charge is 0.418 e. The van der Waals surface area contributed by atoms with Gasteiger partial charge in [-0.1, -0.05) is 0 Å². The second kappa shape index (κ2) is 4.92. The molecule has 0 amide bonds. The van der Waals surface area contributed by atoms with Crippen LogP contribution in [0.5, 0.6) is 0 Å². The first kappa shape index (κ1) is 16.2. The third kappa shape index (κ3) is 2.68. The predicted octanol–water partition coefficient (Wildman–Crippen LogP) is 3.50. The van der Waals surface area contributed by atoms with Gasteiger partial charge in [-0.05, 0) is 24.3 Å². The van der Waals surface area contributed by atoms with E-state index in [0.29, 0.717) is 6.07 Å². The highest BCUT2D eigenvalue weighted by Crippen LogP contribution is 2.46. The molecule has 0 radical (unpaired) electrons. The van der Waals surface area contributed by atoms with Gasteiger partial charge in [0, 0.05) is 11.4 Å². The van der Waals surface area contributed by atoms with Gasteiger partial charge in [0.15, 0.2) is 0 Å². The van der Waals surface area contributed by atoms with Crippen molar-refractivity contribution in [2.45, 2.75) is 18.4 Å². The first-order chi connectivity index (χ1) is 11.0. The van der Waals surface area contributed by atoms with E-state index in [1.165, 1.54) is 0 Å². The van der Waals surface area contributed by atoms with Crippen LogP contribution in [0.2, 0.25) is 0 Å². The van der Waals surface area contributed by atoms with Crippen LogP contribution in [-0.2, 0) is 6.18 Å². The van der Waals surface area contributed by atoms with E-state index in [1.807, 2.05) is 0 Å². The van der Waals surface area contributed by atoms with Crippen molar-refractivity contribution in [3.05, 3.63) is 41.1 Å². The molecule has 1 aromatic carbocycles. The zero-order chi connectivity index (χ0) is 17.9. The Morgan fingerprint density at radius 2 is 1.62 bits per heavy atom. The second-order valence-electron chi connectivity index (χ2n) is 5.32. The van der Waals surface area contributed by atoms with Crippen LogP contribution >= 0.6 is 0 Å². The van der Waals surface area contributed by atoms with Crippen molar-refractivity contribution in [3.63, 3.8) is 0 Å². The lowest BCUT2D eigenvalue weighted by atomic mass is 9.92. The number of hydrogen-bond donors (Lipinski definition) is 3. The van der Waals surface area contributed by atoms with Gasteiger partial charge in [0.2, 0.25) is 0 Å². The van der Waals surface area contributed by atoms with Crippen molar-refractivity contribution in [2.75, 3.05) is 11.1 Å². The molecule has 24 heavy (non-hydrogen) atoms. The smallest absolute Gasteiger partial charge is 0.399 e. The number of nitrogen functional groups attached to an aromatic ring is 1. The lowest BCUT2D eigenvalue weighted by Crippen LogP contribution is -2.41. The number of alkyl halides is 6. The van der Waals surface area contributed by atoms with Crippen molar-refractivity contribution in [2.24, 2.45) is 10.7 Å². The van der Waals surface area contributed by atoms with Crippen LogP contribution < -0.4 is 16.8 Å². The molecule has 3 rings (SSSR count). The van der Waals surface area contributed by atoms with Crippen molar-refractivity contribution < 1.29 is 26.3 Å². The Hall–Kier alpha value is -2.65. The van der Waals surface area contributed by atoms with Gasteiger partial charge in [-0.15, -0.1) is 0 Å². The topological polar surface area (TPSA) is 76.4 Å². The van der Waals surface area contributed by atoms with E-state index in [-0.39, 0.29) is 22.8 Å². The molecule has 0 bridgehead atoms. The Morgan fingerprint density at radius 3 is 2.21 bits per heavy atom. The number of allylic oxidation sites excluding steroid dienone is 1. The number of benzene rings is 1. The summed E-state index contributed by atoms with van der Waals surface area (Å²) in [6, 6.07) is 0.342. The standard InChI is InChI=1S/C14H10F6N4/c15-13(16,17)7-1-5(21)3-9-11(7)23-10-4-6(22)2-8(12(10)24-9)14(18,19)20/h1-4,11,23H,21-22H2. The molecule has 128 valence electrons. The van der Waals surface area contributed by atoms with Crippen LogP contribution in [-0.4, -0.2) is 17.9 Å². The fourth-order valence-electron chi connectivity index (χ4n) is 2.60. The number of anilines is 2. The highest BCUT2D eigenvalue weighted by atomic mass is 19.4. The molecule has 1 atom stereocenters. The second-order valence-corrected chi connectivity index (χ2v) is 5.32. The molecule has 5 N–H and O–H groups in total. The maximum Gasteiger partial charge on any atom is 0.418 e. The van der Waals surface area contributed by atoms with Gasteiger partial charge in [-0.2, -0.15) is 26.3 Å². The molecule has 1 heterocycles. The lowest BCUT2D eigenvalue weighted by molar-refractivity contribution is -0.137. The van der Waals surface area contributed by atoms with Gasteiger partial charge in [0.25, 0.3) is 0 Å². The molecule has 1 aromatic rings. The number of fused-ring (bicyclic) bond motifs is 2. The Balaban J connectivity index is 2.20. The predicted molar refractivity (Wildman–Crippen MR) is 76.8 cm³/mol. The summed E-state index contributed by atoms with van der Waals surface area (Å²) in [5.41, 5.74) is 7.22. The van der Waals surface area contributed by atoms with E-state index in [1.54, 1.807) is 0 Å². The maximum absolute atomic E-state index is 13.2. The molecule has 0 aromatic heterocycles. The average Bonchev–Trinajstić information content (AvgIpc) is 2.41. The maximum atomic E-state index is 13.2. The van der Waals surface area contributed by atoms with Gasteiger partial charge in [-0.25, -0.2) is 4.99 Å². The molecule has 0 saturated carbocycles. The van der Waals surface area contributed by atoms with Gasteiger partial charge in [-0.3, -0.25) is 0 Å². The van der Waals surface area contributed by atoms with Crippen molar-refractivity contribution in [1.82, 2.24) is 0 Å². The molecule has 0 spiro atoms. The summed E-state index contributed by atoms with van der Waals surface area (Å²) < 4.78 is 78.9. The average molecular weight is 348 g/mol. The Morgan fingerprint density at radius 1 is 0.958 bits per heavy atom. The molecular weight excluding hydrogens is 338 g/mol. The van der Waals surface area contributed by atoms with Gasteiger partial charge < -0.3 is 16.8 Å². The normalized spacial score (nSPS) is 20.2. The summed E-state index contributed by atoms with van der Waals surface area (Å²) in [5.74, 6) is 0. The molecule has 0 fully saturated rings. The van der Waals surface area contributed by atoms with Crippen LogP contribution in [0.4, 0.5) is 43.4 Å². The molecule has 1 unspecified atom stereocenters. The summed E-state index contributed by atoms with van der Waals surface area (Å²) in [5, 5.41) is 2.43. The number of halogens is 6. The van der Waals surface area contributed by atoms with Crippen LogP contribution in [0.1, 0.15) is 5.56 Å². The molecule has 2 aliphatic rings. The summed E-state index contributed by atoms with van der Waals surface area (Å²) in [6.07, 6.45) is -7.66. The Bertz CT molecular complexity index is 801. The third-order valence-corrected chi connectivity index (χ3v) is 3.55. The summed E-state index contributed by atoms with van der Waals surface area (Å²) in [6.45, 7) is 0. The zero-order valence-corrected chi connectivity index (χ0v) is 11.8. The van der Waals surface area contributed by atoms with E-state index in [9.17, 15) is 26.3 Å². The number of nitrogens with zero attached hydrogens (tertiary/aromatic N) is 1. The zero-order valence-electron chi connectivity index (χ0n) is 11.8. The van der Waals surface area contributed by atoms with Crippen LogP contribution in [0, 0.1) is 0 Å². The number of hydrogen-bond acceptors (Lipinski definition) is 4. The fraction of sp³-hybridized carbons (Fsp3) is 0.214. The van der Waals surface area contributed by atoms with E-state index >= 15 is 0 Å². The minimum absolute atomic E-state index is 0.222. The molecular formula is C14H10F6N4. The van der Waals surface area contributed by atoms with E-state index < -0.39 is 35.2 Å². The monoisotopic (exact) mass is 348 g/mol.